The van der Waals surface area contributed by atoms with Crippen molar-refractivity contribution in [1.82, 2.24) is 0 Å². The Kier molecular flexibility index (Phi) is 4.77. The summed E-state index contributed by atoms with van der Waals surface area (Å²) in [6, 6.07) is 18.1. The Balaban J connectivity index is 1.18. The Morgan fingerprint density at radius 3 is 1.57 bits per heavy atom. The fourth-order valence-corrected chi connectivity index (χ4v) is 10.4. The maximum absolute atomic E-state index is 12.9. The molecule has 7 heteroatoms. The zero-order valence-corrected chi connectivity index (χ0v) is 23.7. The molecule has 2 aromatic carbocycles. The topological polar surface area (TPSA) is 68.3 Å². The van der Waals surface area contributed by atoms with Crippen molar-refractivity contribution in [3.05, 3.63) is 115 Å². The van der Waals surface area contributed by atoms with Crippen LogP contribution in [0.2, 0.25) is 0 Å². The maximum Gasteiger partial charge on any atom is 0.197 e. The van der Waals surface area contributed by atoms with Gasteiger partial charge in [-0.05, 0) is 35.4 Å². The number of hydrogen-bond donors (Lipinski definition) is 0. The lowest BCUT2D eigenvalue weighted by molar-refractivity contribution is 0.0975. The van der Waals surface area contributed by atoms with Gasteiger partial charge in [-0.25, -0.2) is 0 Å². The third kappa shape index (κ3) is 3.05. The molecule has 5 aromatic rings. The Morgan fingerprint density at radius 2 is 1.07 bits per heavy atom. The van der Waals surface area contributed by atoms with Gasteiger partial charge < -0.3 is 0 Å². The highest BCUT2D eigenvalue weighted by molar-refractivity contribution is 7.32. The number of hydrogen-bond acceptors (Lipinski definition) is 7. The van der Waals surface area contributed by atoms with Gasteiger partial charge in [0.2, 0.25) is 0 Å². The van der Waals surface area contributed by atoms with E-state index in [-0.39, 0.29) is 39.7 Å². The molecule has 0 saturated heterocycles. The molecule has 192 valence electrons. The van der Waals surface area contributed by atoms with Crippen molar-refractivity contribution < 1.29 is 19.2 Å². The first-order chi connectivity index (χ1) is 19.2. The lowest BCUT2D eigenvalue weighted by Crippen LogP contribution is -2.13. The summed E-state index contributed by atoms with van der Waals surface area (Å²) < 4.78 is 2.30. The van der Waals surface area contributed by atoms with Crippen LogP contribution in [0.1, 0.15) is 76.2 Å². The van der Waals surface area contributed by atoms with Crippen LogP contribution in [0.4, 0.5) is 0 Å². The SMILES string of the molecule is CC1(C)c2cc(C=C3C(=O)c4ccccc4C3=O)sc2-c2sc3cc(C=C4C(=O)c5ccccc5C4=O)sc3c21. The smallest absolute Gasteiger partial charge is 0.197 e. The molecular weight excluding hydrogens is 557 g/mol. The minimum atomic E-state index is -0.271. The summed E-state index contributed by atoms with van der Waals surface area (Å²) in [6.07, 6.45) is 3.49. The second-order valence-corrected chi connectivity index (χ2v) is 13.9. The van der Waals surface area contributed by atoms with Gasteiger partial charge in [0.1, 0.15) is 0 Å². The molecule has 0 bridgehead atoms. The summed E-state index contributed by atoms with van der Waals surface area (Å²) >= 11 is 4.94. The zero-order chi connectivity index (χ0) is 27.5. The standard InChI is InChI=1S/C33H18O4S3/c1-33(2)23-13-15(11-21-26(34)17-7-3-4-8-18(17)27(21)35)38-30(23)32-25(33)31-24(40-32)14-16(39-31)12-22-28(36)19-9-5-6-10-20(19)29(22)37/h3-14H,1-2H3. The number of rotatable bonds is 2. The Morgan fingerprint density at radius 1 is 0.600 bits per heavy atom. The highest BCUT2D eigenvalue weighted by Gasteiger charge is 2.42. The molecular formula is C33H18O4S3. The van der Waals surface area contributed by atoms with Crippen molar-refractivity contribution >= 4 is 78.7 Å². The van der Waals surface area contributed by atoms with Crippen LogP contribution in [0.5, 0.6) is 0 Å². The normalized spacial score (nSPS) is 16.6. The maximum atomic E-state index is 12.9. The predicted molar refractivity (Wildman–Crippen MR) is 161 cm³/mol. The van der Waals surface area contributed by atoms with Crippen LogP contribution in [0.25, 0.3) is 31.3 Å². The Bertz CT molecular complexity index is 2030. The number of carbonyl (C=O) groups is 4. The molecule has 40 heavy (non-hydrogen) atoms. The van der Waals surface area contributed by atoms with Crippen LogP contribution < -0.4 is 0 Å². The second kappa shape index (κ2) is 8.01. The van der Waals surface area contributed by atoms with Crippen LogP contribution >= 0.6 is 34.0 Å². The summed E-state index contributed by atoms with van der Waals surface area (Å²) in [5.41, 5.74) is 4.51. The fraction of sp³-hybridized carbons (Fsp3) is 0.0909. The lowest BCUT2D eigenvalue weighted by Gasteiger charge is -2.19. The van der Waals surface area contributed by atoms with Crippen molar-refractivity contribution in [3.8, 4) is 9.75 Å². The lowest BCUT2D eigenvalue weighted by atomic mass is 9.84. The van der Waals surface area contributed by atoms with E-state index < -0.39 is 0 Å². The number of benzene rings is 2. The van der Waals surface area contributed by atoms with Crippen molar-refractivity contribution in [2.45, 2.75) is 19.3 Å². The van der Waals surface area contributed by atoms with Crippen molar-refractivity contribution in [1.29, 1.82) is 0 Å². The first-order valence-electron chi connectivity index (χ1n) is 12.8. The predicted octanol–water partition coefficient (Wildman–Crippen LogP) is 8.26. The van der Waals surface area contributed by atoms with E-state index in [2.05, 4.69) is 26.0 Å². The minimum Gasteiger partial charge on any atom is -0.288 e. The number of fused-ring (bicyclic) bond motifs is 7. The fourth-order valence-electron chi connectivity index (χ4n) is 6.05. The Labute approximate surface area is 240 Å². The van der Waals surface area contributed by atoms with Gasteiger partial charge in [-0.3, -0.25) is 19.2 Å². The molecule has 0 saturated carbocycles. The van der Waals surface area contributed by atoms with Crippen molar-refractivity contribution in [3.63, 3.8) is 0 Å². The van der Waals surface area contributed by atoms with Crippen LogP contribution in [-0.2, 0) is 5.41 Å². The van der Waals surface area contributed by atoms with Crippen LogP contribution in [0.3, 0.4) is 0 Å². The molecule has 0 N–H and O–H groups in total. The monoisotopic (exact) mass is 574 g/mol. The zero-order valence-electron chi connectivity index (χ0n) is 21.3. The molecule has 0 spiro atoms. The molecule has 8 rings (SSSR count). The van der Waals surface area contributed by atoms with E-state index in [0.29, 0.717) is 22.3 Å². The molecule has 0 radical (unpaired) electrons. The number of carbonyl (C=O) groups excluding carboxylic acids is 4. The van der Waals surface area contributed by atoms with Gasteiger partial charge in [0, 0.05) is 47.0 Å². The number of thiophene rings is 3. The van der Waals surface area contributed by atoms with Gasteiger partial charge in [0.25, 0.3) is 0 Å². The van der Waals surface area contributed by atoms with E-state index in [1.165, 1.54) is 25.6 Å². The van der Waals surface area contributed by atoms with Gasteiger partial charge in [-0.15, -0.1) is 34.0 Å². The summed E-state index contributed by atoms with van der Waals surface area (Å²) in [4.78, 5) is 55.8. The largest absolute Gasteiger partial charge is 0.288 e. The van der Waals surface area contributed by atoms with Gasteiger partial charge in [0.05, 0.1) is 20.7 Å². The molecule has 0 amide bonds. The average molecular weight is 575 g/mol. The third-order valence-corrected chi connectivity index (χ3v) is 11.6. The number of Topliss-reactive ketones (excluding diaryl/α,β-unsaturated/α-hetero) is 4. The van der Waals surface area contributed by atoms with Gasteiger partial charge in [0.15, 0.2) is 23.1 Å². The van der Waals surface area contributed by atoms with E-state index in [4.69, 9.17) is 0 Å². The molecule has 3 heterocycles. The Hall–Kier alpha value is -4.04. The highest BCUT2D eigenvalue weighted by Crippen LogP contribution is 2.59. The molecule has 0 fully saturated rings. The van der Waals surface area contributed by atoms with Crippen LogP contribution in [0, 0.1) is 0 Å². The summed E-state index contributed by atoms with van der Waals surface area (Å²) in [5, 5.41) is 0. The molecule has 0 atom stereocenters. The molecule has 0 aliphatic heterocycles. The minimum absolute atomic E-state index is 0.213. The van der Waals surface area contributed by atoms with Gasteiger partial charge in [-0.1, -0.05) is 62.4 Å². The van der Waals surface area contributed by atoms with E-state index in [1.807, 2.05) is 0 Å². The molecule has 0 unspecified atom stereocenters. The highest BCUT2D eigenvalue weighted by atomic mass is 32.1. The van der Waals surface area contributed by atoms with E-state index in [9.17, 15) is 19.2 Å². The second-order valence-electron chi connectivity index (χ2n) is 10.7. The average Bonchev–Trinajstić information content (AvgIpc) is 3.74. The van der Waals surface area contributed by atoms with Gasteiger partial charge >= 0.3 is 0 Å². The quantitative estimate of drug-likeness (QED) is 0.157. The summed E-state index contributed by atoms with van der Waals surface area (Å²) in [5.74, 6) is -0.854. The molecule has 3 aliphatic rings. The van der Waals surface area contributed by atoms with Gasteiger partial charge in [-0.2, -0.15) is 0 Å². The molecule has 4 nitrogen and oxygen atoms in total. The molecule has 3 aromatic heterocycles. The van der Waals surface area contributed by atoms with E-state index >= 15 is 0 Å². The van der Waals surface area contributed by atoms with Crippen molar-refractivity contribution in [2.75, 3.05) is 0 Å². The van der Waals surface area contributed by atoms with E-state index in [0.717, 1.165) is 14.5 Å². The van der Waals surface area contributed by atoms with E-state index in [1.54, 1.807) is 94.7 Å². The number of allylic oxidation sites excluding steroid dienone is 2. The third-order valence-electron chi connectivity index (χ3n) is 8.02. The summed E-state index contributed by atoms with van der Waals surface area (Å²) in [7, 11) is 0. The number of ketones is 4. The first kappa shape index (κ1) is 23.8. The van der Waals surface area contributed by atoms with Crippen LogP contribution in [-0.4, -0.2) is 23.1 Å². The summed E-state index contributed by atoms with van der Waals surface area (Å²) in [6.45, 7) is 4.40. The van der Waals surface area contributed by atoms with Crippen LogP contribution in [0.15, 0.2) is 71.8 Å². The van der Waals surface area contributed by atoms with Crippen molar-refractivity contribution in [2.24, 2.45) is 0 Å². The molecule has 3 aliphatic carbocycles. The first-order valence-corrected chi connectivity index (χ1v) is 15.2.